The van der Waals surface area contributed by atoms with E-state index < -0.39 is 0 Å². The quantitative estimate of drug-likeness (QED) is 0.895. The lowest BCUT2D eigenvalue weighted by atomic mass is 9.92. The fraction of sp³-hybridized carbons (Fsp3) is 0.611. The lowest BCUT2D eigenvalue weighted by molar-refractivity contribution is -0.123. The summed E-state index contributed by atoms with van der Waals surface area (Å²) in [5.74, 6) is 1.65. The maximum Gasteiger partial charge on any atom is 0.224 e. The maximum atomic E-state index is 12.5. The van der Waals surface area contributed by atoms with Crippen molar-refractivity contribution in [2.45, 2.75) is 44.1 Å². The number of nitrogens with one attached hydrogen (secondary N) is 1. The van der Waals surface area contributed by atoms with Crippen molar-refractivity contribution in [3.8, 4) is 0 Å². The zero-order chi connectivity index (χ0) is 14.4. The highest BCUT2D eigenvalue weighted by molar-refractivity contribution is 5.84. The molecule has 0 radical (unpaired) electrons. The maximum absolute atomic E-state index is 12.5. The van der Waals surface area contributed by atoms with Crippen LogP contribution in [0.3, 0.4) is 0 Å². The van der Waals surface area contributed by atoms with Gasteiger partial charge in [-0.15, -0.1) is 0 Å². The Kier molecular flexibility index (Phi) is 3.26. The Labute approximate surface area is 125 Å². The monoisotopic (exact) mass is 285 g/mol. The summed E-state index contributed by atoms with van der Waals surface area (Å²) in [6.45, 7) is 0.650. The van der Waals surface area contributed by atoms with Crippen LogP contribution in [0, 0.1) is 17.8 Å². The molecule has 3 nitrogen and oxygen atoms in total. The van der Waals surface area contributed by atoms with Crippen molar-refractivity contribution in [3.63, 3.8) is 0 Å². The second-order valence-corrected chi connectivity index (χ2v) is 6.96. The highest BCUT2D eigenvalue weighted by Crippen LogP contribution is 2.59. The molecule has 2 saturated carbocycles. The third-order valence-corrected chi connectivity index (χ3v) is 5.79. The van der Waals surface area contributed by atoms with Crippen LogP contribution in [0.2, 0.25) is 0 Å². The number of aliphatic hydroxyl groups is 1. The number of aryl methyl sites for hydroxylation is 1. The van der Waals surface area contributed by atoms with E-state index in [9.17, 15) is 9.90 Å². The molecular weight excluding hydrogens is 262 g/mol. The summed E-state index contributed by atoms with van der Waals surface area (Å²) >= 11 is 0. The van der Waals surface area contributed by atoms with Crippen LogP contribution in [0.15, 0.2) is 24.3 Å². The molecule has 3 heteroatoms. The Morgan fingerprint density at radius 3 is 2.90 bits per heavy atom. The van der Waals surface area contributed by atoms with Gasteiger partial charge in [-0.1, -0.05) is 30.7 Å². The third-order valence-electron chi connectivity index (χ3n) is 5.79. The van der Waals surface area contributed by atoms with Gasteiger partial charge in [0.15, 0.2) is 0 Å². The SMILES string of the molecule is O=C(NCC1CCCC1O)C1C2CCc3ccccc3C21. The molecule has 0 aliphatic heterocycles. The van der Waals surface area contributed by atoms with Crippen molar-refractivity contribution >= 4 is 5.91 Å². The van der Waals surface area contributed by atoms with Crippen molar-refractivity contribution in [2.75, 3.05) is 6.54 Å². The first-order valence-corrected chi connectivity index (χ1v) is 8.29. The minimum absolute atomic E-state index is 0.173. The first kappa shape index (κ1) is 13.3. The van der Waals surface area contributed by atoms with Gasteiger partial charge in [0, 0.05) is 18.4 Å². The predicted molar refractivity (Wildman–Crippen MR) is 80.8 cm³/mol. The topological polar surface area (TPSA) is 49.3 Å². The van der Waals surface area contributed by atoms with Crippen LogP contribution in [0.4, 0.5) is 0 Å². The molecule has 21 heavy (non-hydrogen) atoms. The molecule has 0 aromatic heterocycles. The predicted octanol–water partition coefficient (Wildman–Crippen LogP) is 2.24. The van der Waals surface area contributed by atoms with E-state index in [1.165, 1.54) is 11.1 Å². The van der Waals surface area contributed by atoms with Gasteiger partial charge in [0.25, 0.3) is 0 Å². The number of carbonyl (C=O) groups is 1. The molecule has 4 rings (SSSR count). The van der Waals surface area contributed by atoms with E-state index in [4.69, 9.17) is 0 Å². The number of fused-ring (bicyclic) bond motifs is 3. The average Bonchev–Trinajstić information content (AvgIpc) is 3.12. The zero-order valence-electron chi connectivity index (χ0n) is 12.3. The van der Waals surface area contributed by atoms with Gasteiger partial charge in [-0.05, 0) is 48.6 Å². The van der Waals surface area contributed by atoms with Crippen molar-refractivity contribution in [1.82, 2.24) is 5.32 Å². The number of benzene rings is 1. The van der Waals surface area contributed by atoms with E-state index in [0.29, 0.717) is 18.4 Å². The first-order valence-electron chi connectivity index (χ1n) is 8.29. The first-order chi connectivity index (χ1) is 10.3. The van der Waals surface area contributed by atoms with Crippen LogP contribution < -0.4 is 5.32 Å². The van der Waals surface area contributed by atoms with Crippen LogP contribution in [0.25, 0.3) is 0 Å². The third kappa shape index (κ3) is 2.28. The van der Waals surface area contributed by atoms with E-state index >= 15 is 0 Å². The molecule has 1 aromatic rings. The molecule has 0 spiro atoms. The molecule has 0 bridgehead atoms. The molecule has 112 valence electrons. The normalized spacial score (nSPS) is 36.7. The van der Waals surface area contributed by atoms with E-state index in [1.807, 2.05) is 0 Å². The number of carbonyl (C=O) groups excluding carboxylic acids is 1. The van der Waals surface area contributed by atoms with Crippen LogP contribution in [0.1, 0.15) is 42.7 Å². The van der Waals surface area contributed by atoms with E-state index in [0.717, 1.165) is 32.1 Å². The summed E-state index contributed by atoms with van der Waals surface area (Å²) in [6.07, 6.45) is 5.06. The van der Waals surface area contributed by atoms with Gasteiger partial charge in [0.1, 0.15) is 0 Å². The number of rotatable bonds is 3. The molecule has 0 heterocycles. The molecule has 5 unspecified atom stereocenters. The summed E-state index contributed by atoms with van der Waals surface area (Å²) in [6, 6.07) is 8.58. The fourth-order valence-electron chi connectivity index (χ4n) is 4.53. The van der Waals surface area contributed by atoms with Crippen molar-refractivity contribution in [1.29, 1.82) is 0 Å². The minimum atomic E-state index is -0.215. The number of hydrogen-bond donors (Lipinski definition) is 2. The van der Waals surface area contributed by atoms with Crippen molar-refractivity contribution < 1.29 is 9.90 Å². The van der Waals surface area contributed by atoms with Crippen molar-refractivity contribution in [3.05, 3.63) is 35.4 Å². The van der Waals surface area contributed by atoms with Gasteiger partial charge in [-0.25, -0.2) is 0 Å². The van der Waals surface area contributed by atoms with Crippen LogP contribution in [-0.4, -0.2) is 23.7 Å². The Morgan fingerprint density at radius 1 is 1.24 bits per heavy atom. The molecule has 5 atom stereocenters. The van der Waals surface area contributed by atoms with Gasteiger partial charge in [0.05, 0.1) is 6.10 Å². The lowest BCUT2D eigenvalue weighted by Crippen LogP contribution is -2.33. The summed E-state index contributed by atoms with van der Waals surface area (Å²) < 4.78 is 0. The van der Waals surface area contributed by atoms with Gasteiger partial charge in [-0.2, -0.15) is 0 Å². The largest absolute Gasteiger partial charge is 0.393 e. The number of hydrogen-bond acceptors (Lipinski definition) is 2. The van der Waals surface area contributed by atoms with E-state index in [1.54, 1.807) is 0 Å². The highest BCUT2D eigenvalue weighted by Gasteiger charge is 2.56. The number of aliphatic hydroxyl groups excluding tert-OH is 1. The molecule has 3 aliphatic carbocycles. The lowest BCUT2D eigenvalue weighted by Gasteiger charge is -2.15. The van der Waals surface area contributed by atoms with Gasteiger partial charge < -0.3 is 10.4 Å². The standard InChI is InChI=1S/C18H23NO2/c20-15-7-3-5-12(15)10-19-18(21)17-14-9-8-11-4-1-2-6-13(11)16(14)17/h1-2,4,6,12,14-17,20H,3,5,7-10H2,(H,19,21). The molecular formula is C18H23NO2. The van der Waals surface area contributed by atoms with E-state index in [2.05, 4.69) is 29.6 Å². The molecule has 2 fully saturated rings. The molecule has 1 amide bonds. The molecule has 2 N–H and O–H groups in total. The van der Waals surface area contributed by atoms with Crippen LogP contribution in [-0.2, 0) is 11.2 Å². The Hall–Kier alpha value is -1.35. The average molecular weight is 285 g/mol. The fourth-order valence-corrected chi connectivity index (χ4v) is 4.53. The smallest absolute Gasteiger partial charge is 0.224 e. The van der Waals surface area contributed by atoms with Gasteiger partial charge in [0.2, 0.25) is 5.91 Å². The van der Waals surface area contributed by atoms with Gasteiger partial charge in [-0.3, -0.25) is 4.79 Å². The summed E-state index contributed by atoms with van der Waals surface area (Å²) in [7, 11) is 0. The zero-order valence-corrected chi connectivity index (χ0v) is 12.3. The van der Waals surface area contributed by atoms with E-state index in [-0.39, 0.29) is 23.8 Å². The van der Waals surface area contributed by atoms with Crippen LogP contribution >= 0.6 is 0 Å². The summed E-state index contributed by atoms with van der Waals surface area (Å²) in [4.78, 5) is 12.5. The molecule has 0 saturated heterocycles. The number of amides is 1. The van der Waals surface area contributed by atoms with Crippen molar-refractivity contribution in [2.24, 2.45) is 17.8 Å². The highest BCUT2D eigenvalue weighted by atomic mass is 16.3. The molecule has 3 aliphatic rings. The molecule has 1 aromatic carbocycles. The van der Waals surface area contributed by atoms with Gasteiger partial charge >= 0.3 is 0 Å². The summed E-state index contributed by atoms with van der Waals surface area (Å²) in [5.41, 5.74) is 2.83. The Bertz CT molecular complexity index is 556. The Balaban J connectivity index is 1.39. The van der Waals surface area contributed by atoms with Crippen LogP contribution in [0.5, 0.6) is 0 Å². The second-order valence-electron chi connectivity index (χ2n) is 6.96. The second kappa shape index (κ2) is 5.13. The minimum Gasteiger partial charge on any atom is -0.393 e. The summed E-state index contributed by atoms with van der Waals surface area (Å²) in [5, 5.41) is 12.9. The Morgan fingerprint density at radius 2 is 2.10 bits per heavy atom.